The zero-order valence-electron chi connectivity index (χ0n) is 34.2. The van der Waals surface area contributed by atoms with Gasteiger partial charge in [0.1, 0.15) is 0 Å². The average molecular weight is 803 g/mol. The van der Waals surface area contributed by atoms with Gasteiger partial charge in [-0.15, -0.1) is 0 Å². The second-order valence-corrected chi connectivity index (χ2v) is 16.0. The smallest absolute Gasteiger partial charge is 0.160 e. The van der Waals surface area contributed by atoms with Gasteiger partial charge in [0.2, 0.25) is 0 Å². The highest BCUT2D eigenvalue weighted by atomic mass is 15.0. The Morgan fingerprint density at radius 3 is 1.49 bits per heavy atom. The van der Waals surface area contributed by atoms with Crippen molar-refractivity contribution >= 4 is 43.5 Å². The minimum atomic E-state index is 0.693. The van der Waals surface area contributed by atoms with Crippen LogP contribution in [0, 0.1) is 0 Å². The first-order valence-corrected chi connectivity index (χ1v) is 21.4. The predicted molar refractivity (Wildman–Crippen MR) is 262 cm³/mol. The van der Waals surface area contributed by atoms with Crippen molar-refractivity contribution in [1.82, 2.24) is 19.5 Å². The Morgan fingerprint density at radius 2 is 0.778 bits per heavy atom. The van der Waals surface area contributed by atoms with Gasteiger partial charge in [-0.25, -0.2) is 15.0 Å². The molecule has 0 aliphatic carbocycles. The van der Waals surface area contributed by atoms with Gasteiger partial charge in [0.25, 0.3) is 0 Å². The van der Waals surface area contributed by atoms with Gasteiger partial charge in [0, 0.05) is 49.5 Å². The minimum absolute atomic E-state index is 0.693. The average Bonchev–Trinajstić information content (AvgIpc) is 3.71. The van der Waals surface area contributed by atoms with E-state index >= 15 is 0 Å². The highest BCUT2D eigenvalue weighted by Gasteiger charge is 2.20. The molecular weight excluding hydrogens is 765 g/mol. The summed E-state index contributed by atoms with van der Waals surface area (Å²) < 4.78 is 2.40. The Labute approximate surface area is 365 Å². The summed E-state index contributed by atoms with van der Waals surface area (Å²) in [7, 11) is 0. The molecule has 0 aliphatic rings. The lowest BCUT2D eigenvalue weighted by Gasteiger charge is -2.13. The van der Waals surface area contributed by atoms with Crippen molar-refractivity contribution in [2.45, 2.75) is 0 Å². The molecule has 0 radical (unpaired) electrons. The van der Waals surface area contributed by atoms with Crippen LogP contribution in [-0.4, -0.2) is 19.5 Å². The second kappa shape index (κ2) is 15.2. The Hall–Kier alpha value is -8.47. The lowest BCUT2D eigenvalue weighted by Crippen LogP contribution is -1.97. The van der Waals surface area contributed by atoms with Crippen LogP contribution in [0.3, 0.4) is 0 Å². The fraction of sp³-hybridized carbons (Fsp3) is 0. The standard InChI is InChI=1S/C59H38N4/c1-5-16-39(17-6-1)44-22-15-23-46(36-44)59-60-53(41-18-7-2-8-19-41)38-54(61-59)42-30-28-40(29-31-42)45-32-33-49-52-35-34-51-48-26-13-14-27-50(48)56(43-20-9-3-10-21-43)62-57(51)58(52)63(55(49)37-45)47-24-11-4-12-25-47/h1-38H. The fourth-order valence-electron chi connectivity index (χ4n) is 9.14. The molecule has 294 valence electrons. The van der Waals surface area contributed by atoms with Crippen LogP contribution in [0.15, 0.2) is 231 Å². The molecule has 63 heavy (non-hydrogen) atoms. The normalized spacial score (nSPS) is 11.5. The molecule has 12 aromatic rings. The van der Waals surface area contributed by atoms with Gasteiger partial charge >= 0.3 is 0 Å². The summed E-state index contributed by atoms with van der Waals surface area (Å²) >= 11 is 0. The van der Waals surface area contributed by atoms with Crippen LogP contribution in [0.4, 0.5) is 0 Å². The molecule has 0 atom stereocenters. The van der Waals surface area contributed by atoms with Crippen LogP contribution in [0.1, 0.15) is 0 Å². The van der Waals surface area contributed by atoms with Crippen molar-refractivity contribution in [1.29, 1.82) is 0 Å². The summed E-state index contributed by atoms with van der Waals surface area (Å²) in [6.45, 7) is 0. The van der Waals surface area contributed by atoms with Gasteiger partial charge in [0.15, 0.2) is 5.82 Å². The molecule has 4 heteroatoms. The van der Waals surface area contributed by atoms with Crippen molar-refractivity contribution in [3.8, 4) is 73.1 Å². The lowest BCUT2D eigenvalue weighted by atomic mass is 9.98. The number of aromatic nitrogens is 4. The van der Waals surface area contributed by atoms with Crippen LogP contribution >= 0.6 is 0 Å². The van der Waals surface area contributed by atoms with E-state index in [4.69, 9.17) is 15.0 Å². The van der Waals surface area contributed by atoms with E-state index in [2.05, 4.69) is 223 Å². The Morgan fingerprint density at radius 1 is 0.286 bits per heavy atom. The molecule has 0 amide bonds. The van der Waals surface area contributed by atoms with E-state index in [0.29, 0.717) is 5.82 Å². The van der Waals surface area contributed by atoms with Crippen molar-refractivity contribution in [2.75, 3.05) is 0 Å². The van der Waals surface area contributed by atoms with E-state index in [-0.39, 0.29) is 0 Å². The zero-order chi connectivity index (χ0) is 41.7. The summed E-state index contributed by atoms with van der Waals surface area (Å²) in [6, 6.07) is 81.4. The van der Waals surface area contributed by atoms with Gasteiger partial charge in [-0.3, -0.25) is 0 Å². The number of hydrogen-bond donors (Lipinski definition) is 0. The molecule has 0 bridgehead atoms. The molecule has 3 aromatic heterocycles. The Kier molecular flexibility index (Phi) is 8.79. The van der Waals surface area contributed by atoms with Gasteiger partial charge < -0.3 is 4.57 Å². The topological polar surface area (TPSA) is 43.6 Å². The molecule has 0 aliphatic heterocycles. The van der Waals surface area contributed by atoms with E-state index in [1.165, 1.54) is 16.2 Å². The number of rotatable bonds is 7. The number of para-hydroxylation sites is 1. The first kappa shape index (κ1) is 36.4. The Balaban J connectivity index is 0.998. The van der Waals surface area contributed by atoms with Gasteiger partial charge in [-0.1, -0.05) is 200 Å². The van der Waals surface area contributed by atoms with Crippen LogP contribution in [-0.2, 0) is 0 Å². The molecule has 12 rings (SSSR count). The van der Waals surface area contributed by atoms with E-state index in [0.717, 1.165) is 94.6 Å². The third-order valence-electron chi connectivity index (χ3n) is 12.2. The van der Waals surface area contributed by atoms with Crippen LogP contribution in [0.25, 0.3) is 117 Å². The maximum absolute atomic E-state index is 5.54. The van der Waals surface area contributed by atoms with Crippen LogP contribution in [0.5, 0.6) is 0 Å². The zero-order valence-corrected chi connectivity index (χ0v) is 34.2. The summed E-state index contributed by atoms with van der Waals surface area (Å²) in [5.41, 5.74) is 15.8. The summed E-state index contributed by atoms with van der Waals surface area (Å²) in [4.78, 5) is 15.9. The van der Waals surface area contributed by atoms with Gasteiger partial charge in [-0.2, -0.15) is 0 Å². The molecule has 0 fully saturated rings. The van der Waals surface area contributed by atoms with E-state index < -0.39 is 0 Å². The maximum Gasteiger partial charge on any atom is 0.160 e. The van der Waals surface area contributed by atoms with Gasteiger partial charge in [0.05, 0.1) is 33.6 Å². The van der Waals surface area contributed by atoms with E-state index in [9.17, 15) is 0 Å². The van der Waals surface area contributed by atoms with E-state index in [1.807, 2.05) is 12.1 Å². The summed E-state index contributed by atoms with van der Waals surface area (Å²) in [6.07, 6.45) is 0. The summed E-state index contributed by atoms with van der Waals surface area (Å²) in [5.74, 6) is 0.693. The third-order valence-corrected chi connectivity index (χ3v) is 12.2. The molecule has 3 heterocycles. The first-order valence-electron chi connectivity index (χ1n) is 21.4. The Bertz CT molecular complexity index is 3640. The SMILES string of the molecule is c1ccc(-c2cccc(-c3nc(-c4ccccc4)cc(-c4ccc(-c5ccc6c7ccc8c9ccccc9c(-c9ccccc9)nc8c7n(-c7ccccc7)c6c5)cc4)n3)c2)cc1. The predicted octanol–water partition coefficient (Wildman–Crippen LogP) is 15.3. The minimum Gasteiger partial charge on any atom is -0.307 e. The highest BCUT2D eigenvalue weighted by Crippen LogP contribution is 2.41. The molecular formula is C59H38N4. The fourth-order valence-corrected chi connectivity index (χ4v) is 9.14. The second-order valence-electron chi connectivity index (χ2n) is 16.0. The molecule has 9 aromatic carbocycles. The monoisotopic (exact) mass is 802 g/mol. The number of benzene rings is 9. The first-order chi connectivity index (χ1) is 31.2. The van der Waals surface area contributed by atoms with E-state index in [1.54, 1.807) is 0 Å². The van der Waals surface area contributed by atoms with Crippen LogP contribution in [0.2, 0.25) is 0 Å². The number of pyridine rings is 1. The third kappa shape index (κ3) is 6.44. The molecule has 0 unspecified atom stereocenters. The maximum atomic E-state index is 5.54. The number of nitrogens with zero attached hydrogens (tertiary/aromatic N) is 4. The van der Waals surface area contributed by atoms with Crippen molar-refractivity contribution < 1.29 is 0 Å². The number of hydrogen-bond acceptors (Lipinski definition) is 3. The highest BCUT2D eigenvalue weighted by molar-refractivity contribution is 6.23. The van der Waals surface area contributed by atoms with Crippen molar-refractivity contribution in [3.05, 3.63) is 231 Å². The largest absolute Gasteiger partial charge is 0.307 e. The molecule has 0 N–H and O–H groups in total. The molecule has 0 spiro atoms. The lowest BCUT2D eigenvalue weighted by molar-refractivity contribution is 1.18. The molecule has 4 nitrogen and oxygen atoms in total. The molecule has 0 saturated heterocycles. The van der Waals surface area contributed by atoms with Crippen molar-refractivity contribution in [3.63, 3.8) is 0 Å². The molecule has 0 saturated carbocycles. The van der Waals surface area contributed by atoms with Gasteiger partial charge in [-0.05, 0) is 58.0 Å². The van der Waals surface area contributed by atoms with Crippen LogP contribution < -0.4 is 0 Å². The quantitative estimate of drug-likeness (QED) is 0.151. The summed E-state index contributed by atoms with van der Waals surface area (Å²) in [5, 5.41) is 5.84. The number of fused-ring (bicyclic) bond motifs is 7. The van der Waals surface area contributed by atoms with Crippen molar-refractivity contribution in [2.24, 2.45) is 0 Å².